The number of rotatable bonds is 5. The van der Waals surface area contributed by atoms with E-state index in [-0.39, 0.29) is 64.8 Å². The van der Waals surface area contributed by atoms with Crippen molar-refractivity contribution in [3.05, 3.63) is 0 Å². The van der Waals surface area contributed by atoms with Crippen LogP contribution in [-0.4, -0.2) is 77.8 Å². The Kier molecular flexibility index (Phi) is 11.4. The van der Waals surface area contributed by atoms with Crippen LogP contribution in [0.3, 0.4) is 0 Å². The Balaban J connectivity index is 0. The molecular formula is C5H13O4RbS. The zero-order valence-corrected chi connectivity index (χ0v) is 6.73. The van der Waals surface area contributed by atoms with Crippen LogP contribution < -0.4 is 0 Å². The predicted molar refractivity (Wildman–Crippen MR) is 44.2 cm³/mol. The summed E-state index contributed by atoms with van der Waals surface area (Å²) in [5, 5.41) is 0. The molecule has 0 aromatic rings. The molecule has 0 heterocycles. The van der Waals surface area contributed by atoms with Gasteiger partial charge < -0.3 is 0 Å². The van der Waals surface area contributed by atoms with Crippen LogP contribution in [0.25, 0.3) is 0 Å². The zero-order chi connectivity index (χ0) is 8.04. The molecule has 11 heavy (non-hydrogen) atoms. The molecule has 0 fully saturated rings. The summed E-state index contributed by atoms with van der Waals surface area (Å²) in [4.78, 5) is 0. The van der Waals surface area contributed by atoms with E-state index in [2.05, 4.69) is 4.18 Å². The third-order valence-corrected chi connectivity index (χ3v) is 1.44. The monoisotopic (exact) mass is 254 g/mol. The Bertz CT molecular complexity index is 165. The minimum absolute atomic E-state index is 0. The van der Waals surface area contributed by atoms with E-state index in [1.165, 1.54) is 0 Å². The van der Waals surface area contributed by atoms with Gasteiger partial charge in [-0.1, -0.05) is 19.8 Å². The first-order chi connectivity index (χ1) is 4.56. The summed E-state index contributed by atoms with van der Waals surface area (Å²) < 4.78 is 32.0. The fourth-order valence-electron chi connectivity index (χ4n) is 0.516. The van der Waals surface area contributed by atoms with Gasteiger partial charge in [-0.25, -0.2) is 4.18 Å². The van der Waals surface area contributed by atoms with Gasteiger partial charge in [-0.05, 0) is 6.42 Å². The van der Waals surface area contributed by atoms with Crippen molar-refractivity contribution in [3.63, 3.8) is 0 Å². The quantitative estimate of drug-likeness (QED) is 0.568. The maximum absolute atomic E-state index is 9.93. The van der Waals surface area contributed by atoms with E-state index >= 15 is 0 Å². The van der Waals surface area contributed by atoms with Gasteiger partial charge in [0.1, 0.15) is 0 Å². The molecule has 0 rings (SSSR count). The van der Waals surface area contributed by atoms with Gasteiger partial charge in [0.25, 0.3) is 0 Å². The van der Waals surface area contributed by atoms with E-state index in [1.807, 2.05) is 6.92 Å². The van der Waals surface area contributed by atoms with E-state index in [9.17, 15) is 8.42 Å². The first-order valence-corrected chi connectivity index (χ1v) is 4.54. The van der Waals surface area contributed by atoms with Crippen LogP contribution in [0, 0.1) is 0 Å². The van der Waals surface area contributed by atoms with Crippen molar-refractivity contribution >= 4 is 68.6 Å². The average molecular weight is 255 g/mol. The Labute approximate surface area is 116 Å². The molecule has 0 saturated carbocycles. The second-order valence-electron chi connectivity index (χ2n) is 1.96. The fraction of sp³-hybridized carbons (Fsp3) is 1.00. The van der Waals surface area contributed by atoms with Crippen molar-refractivity contribution in [3.8, 4) is 0 Å². The third-order valence-electron chi connectivity index (χ3n) is 0.980. The van der Waals surface area contributed by atoms with E-state index in [4.69, 9.17) is 4.55 Å². The molecule has 4 nitrogen and oxygen atoms in total. The van der Waals surface area contributed by atoms with Gasteiger partial charge in [-0.3, -0.25) is 4.55 Å². The van der Waals surface area contributed by atoms with Gasteiger partial charge in [0, 0.05) is 0 Å². The first-order valence-electron chi connectivity index (χ1n) is 3.18. The molecule has 0 atom stereocenters. The first kappa shape index (κ1) is 15.2. The van der Waals surface area contributed by atoms with Crippen LogP contribution in [0.1, 0.15) is 26.2 Å². The second kappa shape index (κ2) is 8.28. The molecule has 0 aliphatic rings. The molecule has 0 aliphatic carbocycles. The number of unbranched alkanes of at least 4 members (excludes halogenated alkanes) is 2. The molecule has 64 valence electrons. The molecule has 6 heteroatoms. The third kappa shape index (κ3) is 14.5. The van der Waals surface area contributed by atoms with Gasteiger partial charge in [0.15, 0.2) is 0 Å². The summed E-state index contributed by atoms with van der Waals surface area (Å²) in [5.74, 6) is 0. The van der Waals surface area contributed by atoms with Crippen molar-refractivity contribution in [1.29, 1.82) is 0 Å². The average Bonchev–Trinajstić information content (AvgIpc) is 1.78. The molecule has 0 spiro atoms. The van der Waals surface area contributed by atoms with Crippen LogP contribution in [-0.2, 0) is 14.6 Å². The molecule has 0 saturated heterocycles. The van der Waals surface area contributed by atoms with E-state index in [0.29, 0.717) is 6.42 Å². The van der Waals surface area contributed by atoms with Crippen LogP contribution in [0.4, 0.5) is 0 Å². The van der Waals surface area contributed by atoms with Crippen molar-refractivity contribution in [2.45, 2.75) is 26.2 Å². The van der Waals surface area contributed by atoms with Crippen molar-refractivity contribution in [1.82, 2.24) is 0 Å². The van der Waals surface area contributed by atoms with E-state index < -0.39 is 10.4 Å². The molecule has 0 aromatic heterocycles. The van der Waals surface area contributed by atoms with Gasteiger partial charge in [0.05, 0.1) is 6.61 Å². The fourth-order valence-corrected chi connectivity index (χ4v) is 0.845. The summed E-state index contributed by atoms with van der Waals surface area (Å²) >= 11 is 0. The van der Waals surface area contributed by atoms with Crippen molar-refractivity contribution in [2.75, 3.05) is 6.61 Å². The van der Waals surface area contributed by atoms with Gasteiger partial charge >= 0.3 is 68.6 Å². The van der Waals surface area contributed by atoms with Gasteiger partial charge in [0.2, 0.25) is 0 Å². The normalized spacial score (nSPS) is 10.7. The Morgan fingerprint density at radius 1 is 1.36 bits per heavy atom. The van der Waals surface area contributed by atoms with Crippen molar-refractivity contribution < 1.29 is 17.2 Å². The molecule has 0 amide bonds. The van der Waals surface area contributed by atoms with Crippen molar-refractivity contribution in [2.24, 2.45) is 0 Å². The summed E-state index contributed by atoms with van der Waals surface area (Å²) in [6, 6.07) is 0. The van der Waals surface area contributed by atoms with Crippen LogP contribution in [0.5, 0.6) is 0 Å². The molecular weight excluding hydrogens is 242 g/mol. The van der Waals surface area contributed by atoms with Gasteiger partial charge in [-0.15, -0.1) is 0 Å². The maximum atomic E-state index is 9.93. The predicted octanol–water partition coefficient (Wildman–Crippen LogP) is 0.347. The second-order valence-corrected chi connectivity index (χ2v) is 3.05. The van der Waals surface area contributed by atoms with Crippen LogP contribution >= 0.6 is 0 Å². The summed E-state index contributed by atoms with van der Waals surface area (Å²) in [6.07, 6.45) is 2.57. The number of hydrogen-bond acceptors (Lipinski definition) is 3. The molecule has 0 radical (unpaired) electrons. The summed E-state index contributed by atoms with van der Waals surface area (Å²) in [7, 11) is -4.20. The Morgan fingerprint density at radius 2 is 1.91 bits per heavy atom. The Morgan fingerprint density at radius 3 is 2.27 bits per heavy atom. The van der Waals surface area contributed by atoms with Crippen LogP contribution in [0.15, 0.2) is 0 Å². The van der Waals surface area contributed by atoms with E-state index in [1.54, 1.807) is 0 Å². The summed E-state index contributed by atoms with van der Waals surface area (Å²) in [6.45, 7) is 2.07. The Hall–Kier alpha value is 1.68. The number of hydrogen-bond donors (Lipinski definition) is 1. The topological polar surface area (TPSA) is 63.6 Å². The standard InChI is InChI=1S/C5H12O4S.Rb.H/c1-2-3-4-5-9-10(6,7)8;;/h2-5H2,1H3,(H,6,7,8);;. The molecule has 1 N–H and O–H groups in total. The molecule has 0 aromatic carbocycles. The zero-order valence-electron chi connectivity index (χ0n) is 5.91. The molecule has 0 aliphatic heterocycles. The summed E-state index contributed by atoms with van der Waals surface area (Å²) in [5.41, 5.74) is 0. The molecule has 0 unspecified atom stereocenters. The minimum atomic E-state index is -4.20. The van der Waals surface area contributed by atoms with E-state index in [0.717, 1.165) is 12.8 Å². The SMILES string of the molecule is CCCCCOS(=O)(=O)O.[RbH]. The molecule has 0 bridgehead atoms. The van der Waals surface area contributed by atoms with Gasteiger partial charge in [-0.2, -0.15) is 8.42 Å². The van der Waals surface area contributed by atoms with Crippen LogP contribution in [0.2, 0.25) is 0 Å².